The van der Waals surface area contributed by atoms with Crippen LogP contribution in [-0.4, -0.2) is 29.7 Å². The van der Waals surface area contributed by atoms with Crippen molar-refractivity contribution in [1.82, 2.24) is 9.78 Å². The lowest BCUT2D eigenvalue weighted by atomic mass is 10.1. The number of carbonyl (C=O) groups excluding carboxylic acids is 1. The first-order valence-corrected chi connectivity index (χ1v) is 8.53. The third kappa shape index (κ3) is 3.47. The lowest BCUT2D eigenvalue weighted by Gasteiger charge is -2.10. The van der Waals surface area contributed by atoms with Crippen LogP contribution in [-0.2, 0) is 15.8 Å². The molecule has 0 aliphatic carbocycles. The van der Waals surface area contributed by atoms with Crippen molar-refractivity contribution in [1.29, 1.82) is 0 Å². The van der Waals surface area contributed by atoms with E-state index in [4.69, 9.17) is 0 Å². The highest BCUT2D eigenvalue weighted by atomic mass is 32.2. The van der Waals surface area contributed by atoms with E-state index in [0.29, 0.717) is 0 Å². The summed E-state index contributed by atoms with van der Waals surface area (Å²) in [5.74, 6) is -3.65. The number of Topliss-reactive ketones (excluding diaryl/α,β-unsaturated/α-hetero) is 1. The summed E-state index contributed by atoms with van der Waals surface area (Å²) < 4.78 is 52.0. The van der Waals surface area contributed by atoms with Crippen LogP contribution in [0.15, 0.2) is 35.4 Å². The molecule has 8 heteroatoms. The highest BCUT2D eigenvalue weighted by Gasteiger charge is 2.28. The van der Waals surface area contributed by atoms with E-state index in [1.165, 1.54) is 38.2 Å². The minimum absolute atomic E-state index is 0.0730. The Bertz CT molecular complexity index is 852. The van der Waals surface area contributed by atoms with Crippen molar-refractivity contribution in [3.63, 3.8) is 0 Å². The quantitative estimate of drug-likeness (QED) is 0.783. The molecule has 23 heavy (non-hydrogen) atoms. The highest BCUT2D eigenvalue weighted by molar-refractivity contribution is 7.91. The second-order valence-corrected chi connectivity index (χ2v) is 7.42. The van der Waals surface area contributed by atoms with Crippen LogP contribution in [0.3, 0.4) is 0 Å². The van der Waals surface area contributed by atoms with Gasteiger partial charge >= 0.3 is 0 Å². The van der Waals surface area contributed by atoms with Crippen molar-refractivity contribution < 1.29 is 22.0 Å². The molecule has 1 aromatic carbocycles. The van der Waals surface area contributed by atoms with Crippen molar-refractivity contribution in [3.05, 3.63) is 41.7 Å². The number of hydrogen-bond acceptors (Lipinski definition) is 4. The Morgan fingerprint density at radius 1 is 1.30 bits per heavy atom. The zero-order valence-electron chi connectivity index (χ0n) is 12.9. The molecule has 5 nitrogen and oxygen atoms in total. The smallest absolute Gasteiger partial charge is 0.288 e. The van der Waals surface area contributed by atoms with Crippen LogP contribution in [0.2, 0.25) is 0 Å². The van der Waals surface area contributed by atoms with Gasteiger partial charge in [-0.3, -0.25) is 4.79 Å². The summed E-state index contributed by atoms with van der Waals surface area (Å²) in [5, 5.41) is 3.76. The largest absolute Gasteiger partial charge is 0.294 e. The molecular weight excluding hydrogens is 326 g/mol. The summed E-state index contributed by atoms with van der Waals surface area (Å²) in [4.78, 5) is 11.5. The number of hydrogen-bond donors (Lipinski definition) is 0. The molecular formula is C15H16F2N2O3S. The summed E-state index contributed by atoms with van der Waals surface area (Å²) in [6.07, 6.45) is 1.32. The van der Waals surface area contributed by atoms with Crippen LogP contribution in [0.4, 0.5) is 8.78 Å². The number of nitrogens with zero attached hydrogens (tertiary/aromatic N) is 2. The maximum absolute atomic E-state index is 13.3. The first-order valence-electron chi connectivity index (χ1n) is 6.88. The van der Waals surface area contributed by atoms with Gasteiger partial charge in [-0.2, -0.15) is 13.9 Å². The summed E-state index contributed by atoms with van der Waals surface area (Å²) >= 11 is 0. The number of benzene rings is 1. The Morgan fingerprint density at radius 2 is 1.96 bits per heavy atom. The van der Waals surface area contributed by atoms with Gasteiger partial charge in [-0.1, -0.05) is 6.92 Å². The molecule has 0 radical (unpaired) electrons. The van der Waals surface area contributed by atoms with Gasteiger partial charge in [-0.25, -0.2) is 13.1 Å². The summed E-state index contributed by atoms with van der Waals surface area (Å²) in [6.45, 7) is 3.47. The van der Waals surface area contributed by atoms with Crippen molar-refractivity contribution in [3.8, 4) is 5.69 Å². The van der Waals surface area contributed by atoms with Crippen molar-refractivity contribution in [2.75, 3.05) is 5.75 Å². The fraction of sp³-hybridized carbons (Fsp3) is 0.333. The minimum Gasteiger partial charge on any atom is -0.294 e. The first kappa shape index (κ1) is 17.3. The van der Waals surface area contributed by atoms with Crippen LogP contribution < -0.4 is 0 Å². The maximum atomic E-state index is 13.3. The predicted molar refractivity (Wildman–Crippen MR) is 80.9 cm³/mol. The van der Waals surface area contributed by atoms with E-state index in [0.717, 1.165) is 17.7 Å². The van der Waals surface area contributed by atoms with Gasteiger partial charge < -0.3 is 0 Å². The number of halogens is 2. The van der Waals surface area contributed by atoms with Crippen LogP contribution >= 0.6 is 0 Å². The average molecular weight is 342 g/mol. The van der Waals surface area contributed by atoms with Gasteiger partial charge in [-0.15, -0.1) is 0 Å². The van der Waals surface area contributed by atoms with Gasteiger partial charge in [0.1, 0.15) is 5.69 Å². The zero-order chi connectivity index (χ0) is 17.4. The maximum Gasteiger partial charge on any atom is 0.288 e. The van der Waals surface area contributed by atoms with E-state index in [1.807, 2.05) is 0 Å². The Hall–Kier alpha value is -2.09. The van der Waals surface area contributed by atoms with Crippen molar-refractivity contribution in [2.24, 2.45) is 0 Å². The number of aromatic nitrogens is 2. The van der Waals surface area contributed by atoms with Gasteiger partial charge in [0.15, 0.2) is 15.6 Å². The standard InChI is InChI=1S/C15H16F2N2O3S/c1-4-23(21,22)13-9-11(5-6-12(13)10(2)20)19-8-7-14(18-19)15(3,16)17/h5-9H,4H2,1-3H3. The normalized spacial score (nSPS) is 12.4. The SMILES string of the molecule is CCS(=O)(=O)c1cc(-n2ccc(C(C)(F)F)n2)ccc1C(C)=O. The highest BCUT2D eigenvalue weighted by Crippen LogP contribution is 2.27. The molecule has 0 bridgehead atoms. The second kappa shape index (κ2) is 5.84. The lowest BCUT2D eigenvalue weighted by molar-refractivity contribution is 0.0124. The number of rotatable bonds is 5. The van der Waals surface area contributed by atoms with Crippen molar-refractivity contribution >= 4 is 15.6 Å². The summed E-state index contributed by atoms with van der Waals surface area (Å²) in [6, 6.07) is 5.27. The van der Waals surface area contributed by atoms with Crippen LogP contribution in [0.5, 0.6) is 0 Å². The lowest BCUT2D eigenvalue weighted by Crippen LogP contribution is -2.12. The molecule has 2 rings (SSSR count). The molecule has 0 amide bonds. The minimum atomic E-state index is -3.64. The van der Waals surface area contributed by atoms with E-state index in [9.17, 15) is 22.0 Å². The number of ketones is 1. The molecule has 0 atom stereocenters. The molecule has 2 aromatic rings. The molecule has 0 aliphatic heterocycles. The van der Waals surface area contributed by atoms with Crippen LogP contribution in [0.25, 0.3) is 5.69 Å². The fourth-order valence-electron chi connectivity index (χ4n) is 2.06. The third-order valence-corrected chi connectivity index (χ3v) is 5.13. The Kier molecular flexibility index (Phi) is 4.39. The zero-order valence-corrected chi connectivity index (χ0v) is 13.7. The number of alkyl halides is 2. The molecule has 0 N–H and O–H groups in total. The Morgan fingerprint density at radius 3 is 2.43 bits per heavy atom. The van der Waals surface area contributed by atoms with Gasteiger partial charge in [0.25, 0.3) is 5.92 Å². The first-order chi connectivity index (χ1) is 10.6. The molecule has 0 saturated heterocycles. The molecule has 1 heterocycles. The molecule has 0 unspecified atom stereocenters. The topological polar surface area (TPSA) is 69.0 Å². The second-order valence-electron chi connectivity index (χ2n) is 5.17. The van der Waals surface area contributed by atoms with Gasteiger partial charge in [-0.05, 0) is 31.2 Å². The molecule has 0 saturated carbocycles. The summed E-state index contributed by atoms with van der Waals surface area (Å²) in [7, 11) is -3.64. The Labute approximate surface area is 132 Å². The molecule has 0 aliphatic rings. The number of sulfone groups is 1. The summed E-state index contributed by atoms with van der Waals surface area (Å²) in [5.41, 5.74) is -0.0608. The van der Waals surface area contributed by atoms with E-state index < -0.39 is 21.5 Å². The van der Waals surface area contributed by atoms with E-state index in [1.54, 1.807) is 0 Å². The Balaban J connectivity index is 2.60. The molecule has 124 valence electrons. The number of carbonyl (C=O) groups is 1. The predicted octanol–water partition coefficient (Wildman–Crippen LogP) is 2.98. The van der Waals surface area contributed by atoms with Crippen molar-refractivity contribution in [2.45, 2.75) is 31.6 Å². The van der Waals surface area contributed by atoms with Gasteiger partial charge in [0, 0.05) is 18.7 Å². The third-order valence-electron chi connectivity index (χ3n) is 3.36. The van der Waals surface area contributed by atoms with Gasteiger partial charge in [0.2, 0.25) is 0 Å². The fourth-order valence-corrected chi connectivity index (χ4v) is 3.22. The monoisotopic (exact) mass is 342 g/mol. The molecule has 1 aromatic heterocycles. The van der Waals surface area contributed by atoms with E-state index >= 15 is 0 Å². The molecule has 0 fully saturated rings. The van der Waals surface area contributed by atoms with Crippen LogP contribution in [0.1, 0.15) is 36.8 Å². The average Bonchev–Trinajstić information content (AvgIpc) is 2.96. The van der Waals surface area contributed by atoms with E-state index in [2.05, 4.69) is 5.10 Å². The van der Waals surface area contributed by atoms with Crippen LogP contribution in [0, 0.1) is 0 Å². The van der Waals surface area contributed by atoms with Gasteiger partial charge in [0.05, 0.1) is 16.3 Å². The van der Waals surface area contributed by atoms with E-state index in [-0.39, 0.29) is 27.7 Å². The molecule has 0 spiro atoms.